The first-order valence-corrected chi connectivity index (χ1v) is 13.4. The summed E-state index contributed by atoms with van der Waals surface area (Å²) in [4.78, 5) is 16.1. The smallest absolute Gasteiger partial charge is 0.387 e. The second kappa shape index (κ2) is 12.3. The number of benzene rings is 2. The Balaban J connectivity index is 1.43. The summed E-state index contributed by atoms with van der Waals surface area (Å²) in [6.45, 7) is -2.70. The Morgan fingerprint density at radius 1 is 1.07 bits per heavy atom. The van der Waals surface area contributed by atoms with E-state index in [1.807, 2.05) is 24.3 Å². The Morgan fingerprint density at radius 3 is 2.55 bits per heavy atom. The van der Waals surface area contributed by atoms with E-state index < -0.39 is 18.7 Å². The molecule has 0 radical (unpaired) electrons. The molecule has 4 aromatic rings. The third-order valence-corrected chi connectivity index (χ3v) is 7.34. The van der Waals surface area contributed by atoms with Gasteiger partial charge in [0.2, 0.25) is 0 Å². The van der Waals surface area contributed by atoms with Gasteiger partial charge >= 0.3 is 12.6 Å². The highest BCUT2D eigenvalue weighted by Gasteiger charge is 2.26. The lowest BCUT2D eigenvalue weighted by atomic mass is 10.0. The van der Waals surface area contributed by atoms with E-state index in [4.69, 9.17) is 37.4 Å². The molecule has 1 N–H and O–H groups in total. The molecule has 7 nitrogen and oxygen atoms in total. The molecule has 0 aliphatic heterocycles. The highest BCUT2D eigenvalue weighted by atomic mass is 35.5. The van der Waals surface area contributed by atoms with Gasteiger partial charge in [0.25, 0.3) is 0 Å². The average Bonchev–Trinajstić information content (AvgIpc) is 3.68. The van der Waals surface area contributed by atoms with Gasteiger partial charge in [0, 0.05) is 29.1 Å². The number of nitrogens with one attached hydrogen (secondary N) is 1. The third-order valence-electron chi connectivity index (χ3n) is 6.66. The van der Waals surface area contributed by atoms with Crippen LogP contribution in [0.4, 0.5) is 8.78 Å². The summed E-state index contributed by atoms with van der Waals surface area (Å²) < 4.78 is 49.7. The van der Waals surface area contributed by atoms with Crippen LogP contribution in [0.3, 0.4) is 0 Å². The normalized spacial score (nSPS) is 13.8. The average molecular weight is 592 g/mol. The first-order valence-electron chi connectivity index (χ1n) is 12.7. The maximum Gasteiger partial charge on any atom is 0.387 e. The molecule has 1 aliphatic carbocycles. The number of fused-ring (bicyclic) bond motifs is 1. The number of carbonyl (C=O) groups is 1. The van der Waals surface area contributed by atoms with Crippen LogP contribution in [0.15, 0.2) is 61.1 Å². The molecule has 2 aromatic carbocycles. The first kappa shape index (κ1) is 28.0. The van der Waals surface area contributed by atoms with E-state index in [9.17, 15) is 13.6 Å². The van der Waals surface area contributed by atoms with Crippen molar-refractivity contribution < 1.29 is 37.5 Å². The van der Waals surface area contributed by atoms with Crippen molar-refractivity contribution in [2.45, 2.75) is 38.5 Å². The monoisotopic (exact) mass is 591 g/mol. The molecule has 0 saturated heterocycles. The maximum atomic E-state index is 13.2. The maximum absolute atomic E-state index is 13.2. The lowest BCUT2D eigenvalue weighted by Crippen LogP contribution is -2.19. The van der Waals surface area contributed by atoms with E-state index in [0.29, 0.717) is 39.4 Å². The van der Waals surface area contributed by atoms with Gasteiger partial charge in [-0.2, -0.15) is 8.78 Å². The number of hydrogen-bond acceptors (Lipinski definition) is 5. The molecule has 0 unspecified atom stereocenters. The molecule has 5 rings (SSSR count). The molecular weight excluding hydrogens is 565 g/mol. The molecule has 1 fully saturated rings. The quantitative estimate of drug-likeness (QED) is 0.172. The lowest BCUT2D eigenvalue weighted by molar-refractivity contribution is -0.377. The predicted molar refractivity (Wildman–Crippen MR) is 145 cm³/mol. The molecule has 0 spiro atoms. The molecular formula is C29H27Cl2F2N2O5+. The number of esters is 1. The van der Waals surface area contributed by atoms with E-state index in [2.05, 4.69) is 9.72 Å². The van der Waals surface area contributed by atoms with Crippen LogP contribution in [0, 0.1) is 5.92 Å². The molecule has 1 aliphatic rings. The summed E-state index contributed by atoms with van der Waals surface area (Å²) in [6, 6.07) is 12.0. The minimum Gasteiger partial charge on any atom is -0.497 e. The number of carbonyl (C=O) groups excluding carboxylic acids is 1. The van der Waals surface area contributed by atoms with Crippen molar-refractivity contribution in [1.82, 2.24) is 4.57 Å². The fourth-order valence-corrected chi connectivity index (χ4v) is 4.92. The van der Waals surface area contributed by atoms with Gasteiger partial charge in [0.05, 0.1) is 13.7 Å². The Hall–Kier alpha value is -3.56. The van der Waals surface area contributed by atoms with Gasteiger partial charge < -0.3 is 23.5 Å². The van der Waals surface area contributed by atoms with Gasteiger partial charge in [0.15, 0.2) is 23.9 Å². The number of nitrogens with zero attached hydrogens (tertiary/aromatic N) is 1. The van der Waals surface area contributed by atoms with Crippen molar-refractivity contribution in [3.63, 3.8) is 0 Å². The van der Waals surface area contributed by atoms with Gasteiger partial charge in [-0.05, 0) is 60.7 Å². The lowest BCUT2D eigenvalue weighted by Gasteiger charge is -2.21. The molecule has 0 bridgehead atoms. The fraction of sp³-hybridized carbons (Fsp3) is 0.310. The van der Waals surface area contributed by atoms with E-state index in [1.165, 1.54) is 6.07 Å². The van der Waals surface area contributed by atoms with Gasteiger partial charge in [0.1, 0.15) is 28.4 Å². The molecule has 11 heteroatoms. The second-order valence-electron chi connectivity index (χ2n) is 9.52. The SMILES string of the molecule is COc1ccc2c(ccn2CC(=O)O[C@@H](Cc2c(Cl)c[nH+]cc2Cl)c2ccc(OC(F)F)c(OCC3CC3)c2)c1. The van der Waals surface area contributed by atoms with Crippen LogP contribution in [-0.4, -0.2) is 30.9 Å². The van der Waals surface area contributed by atoms with Crippen molar-refractivity contribution in [2.24, 2.45) is 5.92 Å². The summed E-state index contributed by atoms with van der Waals surface area (Å²) in [5.74, 6) is 0.632. The predicted octanol–water partition coefficient (Wildman–Crippen LogP) is 6.69. The van der Waals surface area contributed by atoms with Crippen LogP contribution in [-0.2, 0) is 22.5 Å². The van der Waals surface area contributed by atoms with Crippen LogP contribution in [0.5, 0.6) is 17.2 Å². The van der Waals surface area contributed by atoms with E-state index >= 15 is 0 Å². The zero-order chi connectivity index (χ0) is 28.2. The van der Waals surface area contributed by atoms with Crippen LogP contribution in [0.1, 0.15) is 30.1 Å². The Kier molecular flexibility index (Phi) is 8.61. The summed E-state index contributed by atoms with van der Waals surface area (Å²) >= 11 is 12.8. The van der Waals surface area contributed by atoms with Crippen LogP contribution in [0.2, 0.25) is 10.0 Å². The summed E-state index contributed by atoms with van der Waals surface area (Å²) in [6.07, 6.45) is 6.27. The number of hydrogen-bond donors (Lipinski definition) is 0. The van der Waals surface area contributed by atoms with Crippen molar-refractivity contribution in [1.29, 1.82) is 0 Å². The van der Waals surface area contributed by atoms with Gasteiger partial charge in [-0.3, -0.25) is 4.79 Å². The number of alkyl halides is 2. The van der Waals surface area contributed by atoms with Gasteiger partial charge in [-0.25, -0.2) is 4.98 Å². The topological polar surface area (TPSA) is 73.1 Å². The summed E-state index contributed by atoms with van der Waals surface area (Å²) in [7, 11) is 1.59. The van der Waals surface area contributed by atoms with Crippen molar-refractivity contribution in [3.8, 4) is 17.2 Å². The summed E-state index contributed by atoms with van der Waals surface area (Å²) in [5, 5.41) is 1.64. The molecule has 1 atom stereocenters. The minimum absolute atomic E-state index is 0.0615. The highest BCUT2D eigenvalue weighted by Crippen LogP contribution is 2.38. The standard InChI is InChI=1S/C29H26Cl2F2N2O5/c1-37-20-5-6-24-18(10-20)8-9-35(24)15-28(36)39-26(12-21-22(30)13-34-14-23(21)31)19-4-7-25(40-29(32)33)27(11-19)38-16-17-2-3-17/h4-11,13-14,17,26,29H,2-3,12,15-16H2,1H3/p+1/t26-/m0/s1. The Morgan fingerprint density at radius 2 is 1.85 bits per heavy atom. The van der Waals surface area contributed by atoms with Gasteiger partial charge in [-0.15, -0.1) is 0 Å². The Labute approximate surface area is 239 Å². The minimum atomic E-state index is -3.02. The molecule has 40 heavy (non-hydrogen) atoms. The number of aromatic nitrogens is 2. The van der Waals surface area contributed by atoms with Crippen LogP contribution < -0.4 is 19.2 Å². The number of rotatable bonds is 12. The number of methoxy groups -OCH3 is 1. The molecule has 0 amide bonds. The number of ether oxygens (including phenoxy) is 4. The number of halogens is 4. The molecule has 210 valence electrons. The number of aromatic amines is 1. The van der Waals surface area contributed by atoms with E-state index in [-0.39, 0.29) is 24.5 Å². The first-order chi connectivity index (χ1) is 19.3. The zero-order valence-corrected chi connectivity index (χ0v) is 23.1. The van der Waals surface area contributed by atoms with Crippen molar-refractivity contribution in [3.05, 3.63) is 82.2 Å². The van der Waals surface area contributed by atoms with E-state index in [1.54, 1.807) is 42.4 Å². The Bertz CT molecular complexity index is 1490. The van der Waals surface area contributed by atoms with Crippen LogP contribution in [0.25, 0.3) is 10.9 Å². The number of H-pyrrole nitrogens is 1. The van der Waals surface area contributed by atoms with Gasteiger partial charge in [-0.1, -0.05) is 29.3 Å². The van der Waals surface area contributed by atoms with Crippen LogP contribution >= 0.6 is 23.2 Å². The highest BCUT2D eigenvalue weighted by molar-refractivity contribution is 6.35. The molecule has 1 saturated carbocycles. The third kappa shape index (κ3) is 6.77. The second-order valence-corrected chi connectivity index (χ2v) is 10.3. The van der Waals surface area contributed by atoms with E-state index in [0.717, 1.165) is 23.7 Å². The van der Waals surface area contributed by atoms with Crippen molar-refractivity contribution >= 4 is 40.1 Å². The fourth-order valence-electron chi connectivity index (χ4n) is 4.39. The molecule has 2 aromatic heterocycles. The molecule has 2 heterocycles. The zero-order valence-electron chi connectivity index (χ0n) is 21.5. The van der Waals surface area contributed by atoms with Crippen molar-refractivity contribution in [2.75, 3.05) is 13.7 Å². The number of pyridine rings is 1. The summed E-state index contributed by atoms with van der Waals surface area (Å²) in [5.41, 5.74) is 1.91. The largest absolute Gasteiger partial charge is 0.497 e.